The summed E-state index contributed by atoms with van der Waals surface area (Å²) in [5, 5.41) is 123. The van der Waals surface area contributed by atoms with Crippen LogP contribution in [0.2, 0.25) is 0 Å². The maximum atomic E-state index is 11.8. The fourth-order valence-electron chi connectivity index (χ4n) is 4.48. The van der Waals surface area contributed by atoms with E-state index in [-0.39, 0.29) is 155 Å². The van der Waals surface area contributed by atoms with Crippen molar-refractivity contribution in [1.29, 1.82) is 0 Å². The summed E-state index contributed by atoms with van der Waals surface area (Å²) >= 11 is 0. The van der Waals surface area contributed by atoms with Gasteiger partial charge in [-0.25, -0.2) is 0 Å². The van der Waals surface area contributed by atoms with Crippen molar-refractivity contribution in [3.63, 3.8) is 0 Å². The fraction of sp³-hybridized carbons (Fsp3) is 0.125. The van der Waals surface area contributed by atoms with Gasteiger partial charge in [0.15, 0.2) is 0 Å². The van der Waals surface area contributed by atoms with E-state index in [1.165, 1.54) is 52.7 Å². The van der Waals surface area contributed by atoms with E-state index in [1.807, 2.05) is 60.7 Å². The molecule has 2 N–H and O–H groups in total. The number of hydrogen-bond donors (Lipinski definition) is 2. The standard InChI is InChI=1S/2C14H13NO2.2C8H8O3.2CH2O3.2CH4O.2Dy.2NO3.2Ni/c2*1-17-13-9-5-6-11(14(13)16)10-15-12-7-3-2-4-8-12;2*1-11-7-4-2-3-6(5-9)8(7)10;2*2-1(3)4;2*1-2;;;2*2-1(3)4;;/h2*2-10,16H,1H3;2*2-5,10H,1H3;2*(H2,2,3,4);2*2H,1H3;;;;;;/q;;;;;;;;2*+3;2*-1;2*+2/p-8. The first-order chi connectivity index (χ1) is 36.1. The Balaban J connectivity index is -0.000000129. The van der Waals surface area contributed by atoms with Crippen molar-refractivity contribution in [1.82, 2.24) is 0 Å². The van der Waals surface area contributed by atoms with Gasteiger partial charge in [-0.05, 0) is 72.0 Å². The van der Waals surface area contributed by atoms with Gasteiger partial charge >= 0.3 is 109 Å². The first-order valence-electron chi connectivity index (χ1n) is 19.9. The van der Waals surface area contributed by atoms with Gasteiger partial charge in [0, 0.05) is 37.8 Å². The molecule has 0 saturated heterocycles. The summed E-state index contributed by atoms with van der Waals surface area (Å²) in [6.07, 6.45) is -0.518. The largest absolute Gasteiger partial charge is 3.00 e. The molecule has 0 aliphatic heterocycles. The molecule has 0 heterocycles. The molecular weight excluding hydrogens is 1460 g/mol. The van der Waals surface area contributed by atoms with E-state index in [1.54, 1.807) is 61.0 Å². The van der Waals surface area contributed by atoms with E-state index in [4.69, 9.17) is 89.8 Å². The molecule has 0 aromatic heterocycles. The Morgan fingerprint density at radius 1 is 0.412 bits per heavy atom. The Bertz CT molecular complexity index is 2440. The normalized spacial score (nSPS) is 8.40. The Hall–Kier alpha value is -7.21. The van der Waals surface area contributed by atoms with Gasteiger partial charge in [-0.1, -0.05) is 108 Å². The molecule has 6 aromatic carbocycles. The number of aldehydes is 2. The number of nitrogens with zero attached hydrogens (tertiary/aromatic N) is 4. The third-order valence-corrected chi connectivity index (χ3v) is 7.39. The van der Waals surface area contributed by atoms with Crippen molar-refractivity contribution in [3.8, 4) is 46.0 Å². The molecule has 2 radical (unpaired) electrons. The van der Waals surface area contributed by atoms with Crippen LogP contribution in [0, 0.1) is 107 Å². The number of aliphatic imine (C=N–C) groups is 2. The zero-order chi connectivity index (χ0) is 59.0. The van der Waals surface area contributed by atoms with Gasteiger partial charge in [0.25, 0.3) is 0 Å². The molecule has 80 heavy (non-hydrogen) atoms. The Morgan fingerprint density at radius 2 is 0.600 bits per heavy atom. The van der Waals surface area contributed by atoms with Crippen molar-refractivity contribution in [2.45, 2.75) is 0 Å². The Morgan fingerprint density at radius 3 is 0.787 bits per heavy atom. The zero-order valence-corrected chi connectivity index (χ0v) is 48.0. The maximum absolute atomic E-state index is 11.8. The first kappa shape index (κ1) is 89.4. The van der Waals surface area contributed by atoms with Gasteiger partial charge in [0.2, 0.25) is 0 Å². The molecule has 0 fully saturated rings. The summed E-state index contributed by atoms with van der Waals surface area (Å²) in [7, 11) is 7.75. The van der Waals surface area contributed by atoms with E-state index < -0.39 is 22.5 Å². The van der Waals surface area contributed by atoms with E-state index in [0.29, 0.717) is 35.2 Å². The predicted octanol–water partition coefficient (Wildman–Crippen LogP) is 0.0412. The number of ether oxygens (including phenoxy) is 4. The molecule has 0 amide bonds. The van der Waals surface area contributed by atoms with E-state index in [0.717, 1.165) is 25.6 Å². The topological polar surface area (TPSA) is 487 Å². The predicted molar refractivity (Wildman–Crippen MR) is 256 cm³/mol. The van der Waals surface area contributed by atoms with Crippen molar-refractivity contribution >= 4 is 48.7 Å². The van der Waals surface area contributed by atoms with Gasteiger partial charge in [0.05, 0.1) is 50.0 Å². The van der Waals surface area contributed by atoms with Crippen LogP contribution in [-0.2, 0) is 33.0 Å². The number of methoxy groups -OCH3 is 4. The Labute approximate surface area is 537 Å². The molecule has 0 unspecified atom stereocenters. The number of aliphatic hydroxyl groups excluding tert-OH is 2. The first-order valence-corrected chi connectivity index (χ1v) is 19.9. The molecule has 6 aromatic rings. The molecule has 0 spiro atoms. The molecule has 0 atom stereocenters. The molecule has 28 nitrogen and oxygen atoms in total. The van der Waals surface area contributed by atoms with Crippen LogP contribution >= 0.6 is 0 Å². The number of carbonyl (C=O) groups excluding carboxylic acids is 4. The summed E-state index contributed by atoms with van der Waals surface area (Å²) in [5.74, 6) is 0.0765. The second-order valence-corrected chi connectivity index (χ2v) is 11.9. The van der Waals surface area contributed by atoms with Gasteiger partial charge in [-0.3, -0.25) is 19.6 Å². The maximum Gasteiger partial charge on any atom is 3.00 e. The molecule has 6 rings (SSSR count). The van der Waals surface area contributed by atoms with Crippen LogP contribution in [0.4, 0.5) is 21.0 Å². The van der Waals surface area contributed by atoms with Gasteiger partial charge in [-0.15, -0.1) is 0 Å². The number of carboxylic acid groups (broad SMARTS) is 4. The van der Waals surface area contributed by atoms with E-state index >= 15 is 0 Å². The van der Waals surface area contributed by atoms with Gasteiger partial charge in [0.1, 0.15) is 35.6 Å². The van der Waals surface area contributed by atoms with Crippen molar-refractivity contribution in [2.24, 2.45) is 9.98 Å². The van der Waals surface area contributed by atoms with Gasteiger partial charge in [-0.2, -0.15) is 0 Å². The smallest absolute Gasteiger partial charge is 0.870 e. The second kappa shape index (κ2) is 58.0. The van der Waals surface area contributed by atoms with Crippen molar-refractivity contribution in [2.75, 3.05) is 42.7 Å². The average Bonchev–Trinajstić information content (AvgIpc) is 3.40. The monoisotopic (exact) mass is 1510 g/mol. The summed E-state index contributed by atoms with van der Waals surface area (Å²) < 4.78 is 19.4. The van der Waals surface area contributed by atoms with Crippen LogP contribution < -0.4 is 59.8 Å². The van der Waals surface area contributed by atoms with Crippen molar-refractivity contribution in [3.05, 3.63) is 186 Å². The van der Waals surface area contributed by atoms with Crippen LogP contribution in [0.15, 0.2) is 143 Å². The van der Waals surface area contributed by atoms with E-state index in [9.17, 15) is 30.0 Å². The number of benzene rings is 6. The number of para-hydroxylation sites is 6. The summed E-state index contributed by atoms with van der Waals surface area (Å²) in [4.78, 5) is 62.1. The number of hydrogen-bond acceptors (Lipinski definition) is 26. The van der Waals surface area contributed by atoms with Crippen LogP contribution in [0.1, 0.15) is 31.8 Å². The third-order valence-electron chi connectivity index (χ3n) is 7.39. The summed E-state index contributed by atoms with van der Waals surface area (Å²) in [6.45, 7) is 0. The van der Waals surface area contributed by atoms with Crippen molar-refractivity contribution < 1.29 is 209 Å². The number of rotatable bonds is 10. The second-order valence-electron chi connectivity index (χ2n) is 11.9. The summed E-state index contributed by atoms with van der Waals surface area (Å²) in [6, 6.07) is 38.4. The molecule has 0 saturated carbocycles. The van der Waals surface area contributed by atoms with Crippen LogP contribution in [0.5, 0.6) is 46.0 Å². The van der Waals surface area contributed by atoms with Crippen LogP contribution in [0.3, 0.4) is 0 Å². The molecule has 0 aliphatic carbocycles. The number of carbonyl (C=O) groups is 4. The molecular formula is C48H46Dy2N4Ni2O24. The SMILES string of the molecule is CO.CO.COc1cccc(C=Nc2ccccc2)c1[O-].COc1cccc(C=Nc2ccccc2)c1[O-].COc1cccc(C=O)c1[O-].COc1cccc(C=O)c1[O-].O=C([O-])[O-].O=C([O-])[O-].O=[N+]([O-])[O-].O=[N+]([O-])[O-].[Dy+3].[Dy+3].[Ni+2].[Ni+2]. The van der Waals surface area contributed by atoms with Crippen LogP contribution in [0.25, 0.3) is 0 Å². The van der Waals surface area contributed by atoms with Gasteiger partial charge < -0.3 is 110 Å². The quantitative estimate of drug-likeness (QED) is 0.0601. The van der Waals surface area contributed by atoms with E-state index in [2.05, 4.69) is 9.98 Å². The fourth-order valence-corrected chi connectivity index (χ4v) is 4.48. The third kappa shape index (κ3) is 45.8. The summed E-state index contributed by atoms with van der Waals surface area (Å²) in [5.41, 5.74) is 2.93. The average molecular weight is 1510 g/mol. The molecule has 442 valence electrons. The Kier molecular flexibility index (Phi) is 64.7. The minimum Gasteiger partial charge on any atom is -0.870 e. The molecule has 0 bridgehead atoms. The zero-order valence-electron chi connectivity index (χ0n) is 41.9. The van der Waals surface area contributed by atoms with Crippen LogP contribution in [-0.4, -0.2) is 100 Å². The molecule has 32 heteroatoms. The number of aliphatic hydroxyl groups is 2. The molecule has 0 aliphatic rings. The minimum atomic E-state index is -2.33. The minimum absolute atomic E-state index is 0.